The molecule has 10 heteroatoms. The zero-order valence-corrected chi connectivity index (χ0v) is 16.7. The first-order chi connectivity index (χ1) is 13.4. The van der Waals surface area contributed by atoms with Crippen LogP contribution in [0.1, 0.15) is 22.5 Å². The zero-order chi connectivity index (χ0) is 20.7. The van der Waals surface area contributed by atoms with Crippen LogP contribution in [0.3, 0.4) is 0 Å². The van der Waals surface area contributed by atoms with E-state index in [2.05, 4.69) is 27.5 Å². The van der Waals surface area contributed by atoms with E-state index in [0.29, 0.717) is 35.3 Å². The van der Waals surface area contributed by atoms with Crippen LogP contribution in [0.4, 0.5) is 5.69 Å². The maximum Gasteiger partial charge on any atom is 0.312 e. The largest absolute Gasteiger partial charge is 0.496 e. The molecule has 0 bridgehead atoms. The van der Waals surface area contributed by atoms with Crippen LogP contribution < -0.4 is 15.5 Å². The molecule has 0 aliphatic heterocycles. The van der Waals surface area contributed by atoms with Crippen LogP contribution >= 0.6 is 12.2 Å². The van der Waals surface area contributed by atoms with Gasteiger partial charge in [0, 0.05) is 12.1 Å². The van der Waals surface area contributed by atoms with Gasteiger partial charge in [0.2, 0.25) is 0 Å². The third kappa shape index (κ3) is 5.13. The zero-order valence-electron chi connectivity index (χ0n) is 15.9. The number of nitrogens with zero attached hydrogens (tertiary/aromatic N) is 4. The van der Waals surface area contributed by atoms with Gasteiger partial charge in [-0.15, -0.1) is 6.58 Å². The van der Waals surface area contributed by atoms with Gasteiger partial charge in [0.1, 0.15) is 17.1 Å². The molecule has 0 atom stereocenters. The highest BCUT2D eigenvalue weighted by atomic mass is 32.1. The van der Waals surface area contributed by atoms with Gasteiger partial charge in [0.15, 0.2) is 5.11 Å². The number of hydrogen-bond acceptors (Lipinski definition) is 6. The highest BCUT2D eigenvalue weighted by molar-refractivity contribution is 7.80. The third-order valence-corrected chi connectivity index (χ3v) is 4.17. The Balaban J connectivity index is 2.22. The predicted molar refractivity (Wildman–Crippen MR) is 112 cm³/mol. The van der Waals surface area contributed by atoms with Crippen LogP contribution in [-0.2, 0) is 6.54 Å². The van der Waals surface area contributed by atoms with Crippen LogP contribution in [0.2, 0.25) is 0 Å². The van der Waals surface area contributed by atoms with Crippen molar-refractivity contribution in [2.45, 2.75) is 20.4 Å². The normalized spacial score (nSPS) is 10.7. The van der Waals surface area contributed by atoms with E-state index in [1.165, 1.54) is 0 Å². The van der Waals surface area contributed by atoms with E-state index in [-0.39, 0.29) is 5.69 Å². The number of thiocarbonyl (C=S) groups is 1. The molecule has 148 valence electrons. The number of benzene rings is 1. The first-order valence-corrected chi connectivity index (χ1v) is 8.81. The minimum atomic E-state index is -0.413. The first kappa shape index (κ1) is 21.0. The van der Waals surface area contributed by atoms with Gasteiger partial charge in [-0.05, 0) is 49.8 Å². The standard InChI is InChI=1S/C18H22N6O3S/c1-5-8-19-18(28)21-20-10-14-6-7-16(27-4)15(9-14)11-23-13(3)17(24(25)26)12(2)22-23/h5-7,9-10H,1,8,11H2,2-4H3,(H2,19,21,28). The molecule has 0 aliphatic rings. The maximum atomic E-state index is 11.2. The molecular formula is C18H22N6O3S. The van der Waals surface area contributed by atoms with E-state index in [1.54, 1.807) is 37.9 Å². The lowest BCUT2D eigenvalue weighted by molar-refractivity contribution is -0.386. The first-order valence-electron chi connectivity index (χ1n) is 8.40. The Kier molecular flexibility index (Phi) is 7.21. The highest BCUT2D eigenvalue weighted by Gasteiger charge is 2.22. The molecule has 0 amide bonds. The molecule has 0 fully saturated rings. The number of hydrogen-bond donors (Lipinski definition) is 2. The molecule has 28 heavy (non-hydrogen) atoms. The molecule has 1 aromatic heterocycles. The number of ether oxygens (including phenoxy) is 1. The van der Waals surface area contributed by atoms with Gasteiger partial charge in [-0.25, -0.2) is 0 Å². The van der Waals surface area contributed by atoms with Gasteiger partial charge < -0.3 is 10.1 Å². The number of rotatable bonds is 8. The van der Waals surface area contributed by atoms with Crippen LogP contribution in [0, 0.1) is 24.0 Å². The summed E-state index contributed by atoms with van der Waals surface area (Å²) in [6.45, 7) is 7.77. The predicted octanol–water partition coefficient (Wildman–Crippen LogP) is 2.45. The summed E-state index contributed by atoms with van der Waals surface area (Å²) in [7, 11) is 1.57. The summed E-state index contributed by atoms with van der Waals surface area (Å²) in [5.74, 6) is 0.656. The van der Waals surface area contributed by atoms with Crippen molar-refractivity contribution in [3.8, 4) is 5.75 Å². The number of hydrazone groups is 1. The summed E-state index contributed by atoms with van der Waals surface area (Å²) in [4.78, 5) is 10.8. The van der Waals surface area contributed by atoms with Gasteiger partial charge >= 0.3 is 5.69 Å². The monoisotopic (exact) mass is 402 g/mol. The molecule has 1 heterocycles. The SMILES string of the molecule is C=CCNC(=S)NN=Cc1ccc(OC)c(Cn2nc(C)c([N+](=O)[O-])c2C)c1. The van der Waals surface area contributed by atoms with E-state index in [1.807, 2.05) is 18.2 Å². The molecule has 2 aromatic rings. The molecule has 0 saturated carbocycles. The second kappa shape index (κ2) is 9.60. The average Bonchev–Trinajstić information content (AvgIpc) is 2.93. The molecular weight excluding hydrogens is 380 g/mol. The fourth-order valence-corrected chi connectivity index (χ4v) is 2.78. The van der Waals surface area contributed by atoms with E-state index < -0.39 is 4.92 Å². The smallest absolute Gasteiger partial charge is 0.312 e. The topological polar surface area (TPSA) is 107 Å². The lowest BCUT2D eigenvalue weighted by Crippen LogP contribution is -2.31. The maximum absolute atomic E-state index is 11.2. The van der Waals surface area contributed by atoms with Crippen LogP contribution in [0.25, 0.3) is 0 Å². The molecule has 2 N–H and O–H groups in total. The Morgan fingerprint density at radius 2 is 2.25 bits per heavy atom. The summed E-state index contributed by atoms with van der Waals surface area (Å²) in [6.07, 6.45) is 3.31. The summed E-state index contributed by atoms with van der Waals surface area (Å²) < 4.78 is 7.00. The molecule has 0 unspecified atom stereocenters. The van der Waals surface area contributed by atoms with Gasteiger partial charge in [0.25, 0.3) is 0 Å². The summed E-state index contributed by atoms with van der Waals surface area (Å²) in [6, 6.07) is 5.54. The van der Waals surface area contributed by atoms with E-state index in [0.717, 1.165) is 11.1 Å². The third-order valence-electron chi connectivity index (χ3n) is 3.94. The molecule has 0 radical (unpaired) electrons. The summed E-state index contributed by atoms with van der Waals surface area (Å²) >= 11 is 5.07. The van der Waals surface area contributed by atoms with Crippen molar-refractivity contribution in [1.82, 2.24) is 20.5 Å². The van der Waals surface area contributed by atoms with Crippen molar-refractivity contribution in [3.05, 3.63) is 63.5 Å². The second-order valence-corrected chi connectivity index (χ2v) is 6.28. The lowest BCUT2D eigenvalue weighted by atomic mass is 10.1. The summed E-state index contributed by atoms with van der Waals surface area (Å²) in [5, 5.41) is 22.9. The van der Waals surface area contributed by atoms with Crippen molar-refractivity contribution < 1.29 is 9.66 Å². The fourth-order valence-electron chi connectivity index (χ4n) is 2.64. The van der Waals surface area contributed by atoms with E-state index in [9.17, 15) is 10.1 Å². The number of methoxy groups -OCH3 is 1. The van der Waals surface area contributed by atoms with Gasteiger partial charge in [0.05, 0.1) is 24.8 Å². The van der Waals surface area contributed by atoms with Crippen molar-refractivity contribution in [1.29, 1.82) is 0 Å². The van der Waals surface area contributed by atoms with Crippen LogP contribution in [0.5, 0.6) is 5.75 Å². The molecule has 0 aliphatic carbocycles. The average molecular weight is 402 g/mol. The lowest BCUT2D eigenvalue weighted by Gasteiger charge is -2.10. The second-order valence-electron chi connectivity index (χ2n) is 5.87. The molecule has 2 rings (SSSR count). The molecule has 0 spiro atoms. The van der Waals surface area contributed by atoms with Gasteiger partial charge in [-0.2, -0.15) is 10.2 Å². The van der Waals surface area contributed by atoms with E-state index in [4.69, 9.17) is 17.0 Å². The Hall–Kier alpha value is -3.27. The van der Waals surface area contributed by atoms with Crippen LogP contribution in [-0.4, -0.2) is 39.7 Å². The van der Waals surface area contributed by atoms with Crippen molar-refractivity contribution >= 4 is 29.2 Å². The highest BCUT2D eigenvalue weighted by Crippen LogP contribution is 2.25. The fraction of sp³-hybridized carbons (Fsp3) is 0.278. The van der Waals surface area contributed by atoms with Crippen LogP contribution in [0.15, 0.2) is 36.0 Å². The van der Waals surface area contributed by atoms with Crippen molar-refractivity contribution in [3.63, 3.8) is 0 Å². The molecule has 9 nitrogen and oxygen atoms in total. The Bertz CT molecular complexity index is 922. The summed E-state index contributed by atoms with van der Waals surface area (Å²) in [5.41, 5.74) is 5.24. The Morgan fingerprint density at radius 1 is 1.50 bits per heavy atom. The van der Waals surface area contributed by atoms with E-state index >= 15 is 0 Å². The number of aryl methyl sites for hydroxylation is 1. The number of aromatic nitrogens is 2. The quantitative estimate of drug-likeness (QED) is 0.230. The molecule has 1 aromatic carbocycles. The van der Waals surface area contributed by atoms with Gasteiger partial charge in [-0.3, -0.25) is 20.2 Å². The van der Waals surface area contributed by atoms with Crippen molar-refractivity contribution in [2.24, 2.45) is 5.10 Å². The van der Waals surface area contributed by atoms with Gasteiger partial charge in [-0.1, -0.05) is 6.08 Å². The molecule has 0 saturated heterocycles. The number of nitro groups is 1. The Labute approximate surface area is 168 Å². The minimum absolute atomic E-state index is 0.0291. The number of nitrogens with one attached hydrogen (secondary N) is 2. The Morgan fingerprint density at radius 3 is 2.86 bits per heavy atom. The minimum Gasteiger partial charge on any atom is -0.496 e. The van der Waals surface area contributed by atoms with Crippen molar-refractivity contribution in [2.75, 3.05) is 13.7 Å².